The summed E-state index contributed by atoms with van der Waals surface area (Å²) in [6.07, 6.45) is 0.412. The second kappa shape index (κ2) is 6.19. The number of aromatic nitrogens is 1. The molecule has 0 radical (unpaired) electrons. The second-order valence-corrected chi connectivity index (χ2v) is 4.65. The van der Waals surface area contributed by atoms with E-state index in [1.165, 1.54) is 0 Å². The van der Waals surface area contributed by atoms with E-state index >= 15 is 0 Å². The van der Waals surface area contributed by atoms with E-state index in [1.54, 1.807) is 13.2 Å². The molecule has 1 N–H and O–H groups in total. The summed E-state index contributed by atoms with van der Waals surface area (Å²) in [6.45, 7) is 1.86. The van der Waals surface area contributed by atoms with Gasteiger partial charge in [-0.25, -0.2) is 0 Å². The zero-order valence-corrected chi connectivity index (χ0v) is 11.5. The summed E-state index contributed by atoms with van der Waals surface area (Å²) in [6, 6.07) is 12.9. The molecule has 1 atom stereocenters. The van der Waals surface area contributed by atoms with Crippen LogP contribution in [0, 0.1) is 6.92 Å². The van der Waals surface area contributed by atoms with E-state index in [9.17, 15) is 9.90 Å². The lowest BCUT2D eigenvalue weighted by Gasteiger charge is -2.13. The number of aryl methyl sites for hydroxylation is 1. The predicted molar refractivity (Wildman–Crippen MR) is 76.0 cm³/mol. The van der Waals surface area contributed by atoms with Gasteiger partial charge in [-0.3, -0.25) is 9.78 Å². The molecule has 0 aliphatic rings. The molecule has 0 bridgehead atoms. The minimum absolute atomic E-state index is 0.412. The molecule has 104 valence electrons. The molecule has 0 aliphatic carbocycles. The van der Waals surface area contributed by atoms with Gasteiger partial charge in [-0.2, -0.15) is 0 Å². The molecular weight excluding hydrogens is 254 g/mol. The zero-order valence-electron chi connectivity index (χ0n) is 11.5. The topological polar surface area (TPSA) is 59.4 Å². The number of methoxy groups -OCH3 is 1. The number of hydrogen-bond donors (Lipinski definition) is 1. The fourth-order valence-corrected chi connectivity index (χ4v) is 2.07. The molecule has 1 aromatic heterocycles. The largest absolute Gasteiger partial charge is 0.497 e. The molecule has 1 heterocycles. The first-order valence-corrected chi connectivity index (χ1v) is 6.39. The van der Waals surface area contributed by atoms with E-state index in [0.717, 1.165) is 17.0 Å². The Kier molecular flexibility index (Phi) is 4.35. The first kappa shape index (κ1) is 14.1. The molecular formula is C16H17NO3. The number of carboxylic acids is 1. The number of pyridine rings is 1. The molecule has 4 nitrogen and oxygen atoms in total. The Morgan fingerprint density at radius 1 is 1.25 bits per heavy atom. The monoisotopic (exact) mass is 271 g/mol. The summed E-state index contributed by atoms with van der Waals surface area (Å²) in [4.78, 5) is 15.8. The van der Waals surface area contributed by atoms with Crippen LogP contribution in [0.15, 0.2) is 42.5 Å². The van der Waals surface area contributed by atoms with Crippen molar-refractivity contribution in [2.75, 3.05) is 7.11 Å². The van der Waals surface area contributed by atoms with Crippen molar-refractivity contribution in [3.63, 3.8) is 0 Å². The second-order valence-electron chi connectivity index (χ2n) is 4.65. The van der Waals surface area contributed by atoms with E-state index in [4.69, 9.17) is 4.74 Å². The number of nitrogens with zero attached hydrogens (tertiary/aromatic N) is 1. The molecule has 0 spiro atoms. The van der Waals surface area contributed by atoms with Crippen LogP contribution in [0.5, 0.6) is 5.75 Å². The Bertz CT molecular complexity index is 593. The van der Waals surface area contributed by atoms with Gasteiger partial charge in [0.05, 0.1) is 12.8 Å². The Morgan fingerprint density at radius 3 is 2.50 bits per heavy atom. The van der Waals surface area contributed by atoms with E-state index in [2.05, 4.69) is 4.98 Å². The number of carboxylic acid groups (broad SMARTS) is 1. The number of carbonyl (C=O) groups is 1. The summed E-state index contributed by atoms with van der Waals surface area (Å²) in [5.74, 6) is -0.739. The number of aliphatic carboxylic acids is 1. The molecule has 0 aliphatic heterocycles. The summed E-state index contributed by atoms with van der Waals surface area (Å²) < 4.78 is 5.09. The van der Waals surface area contributed by atoms with Gasteiger partial charge in [-0.15, -0.1) is 0 Å². The quantitative estimate of drug-likeness (QED) is 0.908. The molecule has 0 amide bonds. The molecule has 1 aromatic carbocycles. The maximum Gasteiger partial charge on any atom is 0.312 e. The zero-order chi connectivity index (χ0) is 14.5. The first-order chi connectivity index (χ1) is 9.60. The van der Waals surface area contributed by atoms with Gasteiger partial charge in [-0.1, -0.05) is 18.2 Å². The van der Waals surface area contributed by atoms with Crippen LogP contribution < -0.4 is 4.74 Å². The molecule has 0 fully saturated rings. The fraction of sp³-hybridized carbons (Fsp3) is 0.250. The van der Waals surface area contributed by atoms with E-state index in [1.807, 2.05) is 43.3 Å². The Balaban J connectivity index is 2.23. The molecule has 0 saturated carbocycles. The average Bonchev–Trinajstić information content (AvgIpc) is 2.45. The number of hydrogen-bond acceptors (Lipinski definition) is 3. The van der Waals surface area contributed by atoms with Gasteiger partial charge in [0.15, 0.2) is 0 Å². The van der Waals surface area contributed by atoms with Gasteiger partial charge in [0, 0.05) is 5.69 Å². The van der Waals surface area contributed by atoms with Crippen molar-refractivity contribution in [2.24, 2.45) is 0 Å². The van der Waals surface area contributed by atoms with Crippen molar-refractivity contribution < 1.29 is 14.6 Å². The minimum Gasteiger partial charge on any atom is -0.497 e. The van der Waals surface area contributed by atoms with Gasteiger partial charge < -0.3 is 9.84 Å². The van der Waals surface area contributed by atoms with Gasteiger partial charge >= 0.3 is 5.97 Å². The highest BCUT2D eigenvalue weighted by Crippen LogP contribution is 2.21. The fourth-order valence-electron chi connectivity index (χ4n) is 2.07. The molecule has 4 heteroatoms. The van der Waals surface area contributed by atoms with Crippen LogP contribution in [0.2, 0.25) is 0 Å². The maximum atomic E-state index is 11.5. The molecule has 2 rings (SSSR count). The third-order valence-corrected chi connectivity index (χ3v) is 3.16. The molecule has 1 unspecified atom stereocenters. The number of rotatable bonds is 5. The van der Waals surface area contributed by atoms with Gasteiger partial charge in [0.25, 0.3) is 0 Å². The van der Waals surface area contributed by atoms with E-state index < -0.39 is 11.9 Å². The van der Waals surface area contributed by atoms with Crippen LogP contribution in [-0.4, -0.2) is 23.2 Å². The predicted octanol–water partition coefficient (Wildman–Crippen LogP) is 2.81. The van der Waals surface area contributed by atoms with Gasteiger partial charge in [0.1, 0.15) is 11.7 Å². The van der Waals surface area contributed by atoms with E-state index in [-0.39, 0.29) is 0 Å². The van der Waals surface area contributed by atoms with Crippen molar-refractivity contribution in [3.05, 3.63) is 59.4 Å². The van der Waals surface area contributed by atoms with Gasteiger partial charge in [0.2, 0.25) is 0 Å². The number of benzene rings is 1. The van der Waals surface area contributed by atoms with Crippen molar-refractivity contribution in [1.29, 1.82) is 0 Å². The normalized spacial score (nSPS) is 11.9. The number of ether oxygens (including phenoxy) is 1. The lowest BCUT2D eigenvalue weighted by Crippen LogP contribution is -2.16. The summed E-state index contributed by atoms with van der Waals surface area (Å²) in [7, 11) is 1.60. The third kappa shape index (κ3) is 3.35. The third-order valence-electron chi connectivity index (χ3n) is 3.16. The summed E-state index contributed by atoms with van der Waals surface area (Å²) in [5.41, 5.74) is 2.36. The smallest absolute Gasteiger partial charge is 0.312 e. The highest BCUT2D eigenvalue weighted by atomic mass is 16.5. The molecule has 2 aromatic rings. The van der Waals surface area contributed by atoms with Crippen LogP contribution in [0.1, 0.15) is 22.9 Å². The maximum absolute atomic E-state index is 11.5. The standard InChI is InChI=1S/C16H17NO3/c1-11-4-3-5-15(17-11)14(16(18)19)10-12-6-8-13(20-2)9-7-12/h3-9,14H,10H2,1-2H3,(H,18,19). The van der Waals surface area contributed by atoms with Gasteiger partial charge in [-0.05, 0) is 43.2 Å². The van der Waals surface area contributed by atoms with Crippen LogP contribution in [0.3, 0.4) is 0 Å². The highest BCUT2D eigenvalue weighted by molar-refractivity contribution is 5.75. The minimum atomic E-state index is -0.862. The lowest BCUT2D eigenvalue weighted by molar-refractivity contribution is -0.138. The van der Waals surface area contributed by atoms with Crippen molar-refractivity contribution in [3.8, 4) is 5.75 Å². The van der Waals surface area contributed by atoms with E-state index in [0.29, 0.717) is 12.1 Å². The Labute approximate surface area is 118 Å². The Morgan fingerprint density at radius 2 is 1.95 bits per heavy atom. The van der Waals surface area contributed by atoms with Crippen LogP contribution in [0.25, 0.3) is 0 Å². The van der Waals surface area contributed by atoms with Crippen molar-refractivity contribution >= 4 is 5.97 Å². The molecule has 20 heavy (non-hydrogen) atoms. The van der Waals surface area contributed by atoms with Crippen molar-refractivity contribution in [1.82, 2.24) is 4.98 Å². The van der Waals surface area contributed by atoms with Crippen LogP contribution in [0.4, 0.5) is 0 Å². The average molecular weight is 271 g/mol. The molecule has 0 saturated heterocycles. The van der Waals surface area contributed by atoms with Crippen LogP contribution in [-0.2, 0) is 11.2 Å². The summed E-state index contributed by atoms with van der Waals surface area (Å²) in [5, 5.41) is 9.41. The van der Waals surface area contributed by atoms with Crippen LogP contribution >= 0.6 is 0 Å². The SMILES string of the molecule is COc1ccc(CC(C(=O)O)c2cccc(C)n2)cc1. The van der Waals surface area contributed by atoms with Crippen molar-refractivity contribution in [2.45, 2.75) is 19.3 Å². The lowest BCUT2D eigenvalue weighted by atomic mass is 9.95. The summed E-state index contributed by atoms with van der Waals surface area (Å²) >= 11 is 0. The highest BCUT2D eigenvalue weighted by Gasteiger charge is 2.21. The first-order valence-electron chi connectivity index (χ1n) is 6.39. The Hall–Kier alpha value is -2.36.